The van der Waals surface area contributed by atoms with Crippen LogP contribution in [0.5, 0.6) is 0 Å². The van der Waals surface area contributed by atoms with Crippen LogP contribution >= 0.6 is 0 Å². The molecule has 210 valence electrons. The summed E-state index contributed by atoms with van der Waals surface area (Å²) in [5.41, 5.74) is -0.616. The molecule has 3 rings (SSSR count). The summed E-state index contributed by atoms with van der Waals surface area (Å²) in [5.74, 6) is -0.717. The molecule has 2 atom stereocenters. The number of likely N-dealkylation sites (N-methyl/N-ethyl adjacent to an activating group) is 1. The van der Waals surface area contributed by atoms with Gasteiger partial charge in [0.05, 0.1) is 6.04 Å². The lowest BCUT2D eigenvalue weighted by Crippen LogP contribution is -2.55. The number of alkyl carbamates (subject to hydrolysis) is 1. The van der Waals surface area contributed by atoms with Crippen molar-refractivity contribution >= 4 is 24.1 Å². The lowest BCUT2D eigenvalue weighted by Gasteiger charge is -2.39. The highest BCUT2D eigenvalue weighted by molar-refractivity contribution is 5.92. The molecule has 0 radical (unpaired) electrons. The smallest absolute Gasteiger partial charge is 0.414 e. The van der Waals surface area contributed by atoms with Gasteiger partial charge in [-0.25, -0.2) is 9.59 Å². The molecule has 3 aliphatic rings. The SMILES string of the molecule is CN1C(=O)OC(N2CCN(CCCC(=O)O)CC2)C1CCN1CCN(C(=N)NC(=O)OC(C)(C)C)CC1. The number of carbonyl (C=O) groups excluding carboxylic acids is 2. The number of carboxylic acids is 1. The highest BCUT2D eigenvalue weighted by atomic mass is 16.6. The maximum Gasteiger partial charge on any atom is 0.414 e. The van der Waals surface area contributed by atoms with Gasteiger partial charge < -0.3 is 29.3 Å². The summed E-state index contributed by atoms with van der Waals surface area (Å²) in [6.45, 7) is 12.9. The van der Waals surface area contributed by atoms with Gasteiger partial charge in [0, 0.05) is 72.4 Å². The molecule has 37 heavy (non-hydrogen) atoms. The molecule has 3 N–H and O–H groups in total. The molecular weight excluding hydrogens is 482 g/mol. The van der Waals surface area contributed by atoms with Gasteiger partial charge in [-0.15, -0.1) is 0 Å². The fraction of sp³-hybridized carbons (Fsp3) is 0.833. The van der Waals surface area contributed by atoms with Gasteiger partial charge in [-0.05, 0) is 40.2 Å². The minimum atomic E-state index is -0.764. The summed E-state index contributed by atoms with van der Waals surface area (Å²) >= 11 is 0. The molecule has 0 aromatic rings. The number of carbonyl (C=O) groups is 3. The highest BCUT2D eigenvalue weighted by Gasteiger charge is 2.43. The Morgan fingerprint density at radius 1 is 1.05 bits per heavy atom. The van der Waals surface area contributed by atoms with Crippen molar-refractivity contribution in [2.24, 2.45) is 0 Å². The average Bonchev–Trinajstić information content (AvgIpc) is 3.10. The minimum Gasteiger partial charge on any atom is -0.481 e. The van der Waals surface area contributed by atoms with E-state index in [4.69, 9.17) is 20.0 Å². The number of aliphatic carboxylic acids is 1. The third-order valence-corrected chi connectivity index (χ3v) is 7.02. The molecule has 2 amide bonds. The number of carboxylic acid groups (broad SMARTS) is 1. The Hall–Kier alpha value is -2.64. The first-order valence-corrected chi connectivity index (χ1v) is 13.1. The monoisotopic (exact) mass is 525 g/mol. The van der Waals surface area contributed by atoms with Crippen LogP contribution in [0.3, 0.4) is 0 Å². The van der Waals surface area contributed by atoms with Crippen LogP contribution < -0.4 is 5.32 Å². The van der Waals surface area contributed by atoms with Gasteiger partial charge in [0.1, 0.15) is 5.60 Å². The lowest BCUT2D eigenvalue weighted by molar-refractivity contribution is -0.137. The summed E-state index contributed by atoms with van der Waals surface area (Å²) in [6, 6.07) is -0.0452. The largest absolute Gasteiger partial charge is 0.481 e. The number of amides is 2. The first kappa shape index (κ1) is 28.9. The van der Waals surface area contributed by atoms with Gasteiger partial charge >= 0.3 is 18.2 Å². The summed E-state index contributed by atoms with van der Waals surface area (Å²) in [6.07, 6.45) is 0.392. The molecule has 0 aliphatic carbocycles. The predicted octanol–water partition coefficient (Wildman–Crippen LogP) is 0.713. The summed E-state index contributed by atoms with van der Waals surface area (Å²) < 4.78 is 11.0. The van der Waals surface area contributed by atoms with Crippen LogP contribution in [-0.4, -0.2) is 144 Å². The molecule has 0 aromatic carbocycles. The van der Waals surface area contributed by atoms with Gasteiger partial charge in [0.2, 0.25) is 5.96 Å². The van der Waals surface area contributed by atoms with Crippen LogP contribution in [0.2, 0.25) is 0 Å². The second-order valence-electron chi connectivity index (χ2n) is 10.9. The van der Waals surface area contributed by atoms with E-state index < -0.39 is 17.7 Å². The van der Waals surface area contributed by atoms with Gasteiger partial charge in [0.25, 0.3) is 0 Å². The van der Waals surface area contributed by atoms with Crippen molar-refractivity contribution in [2.75, 3.05) is 72.5 Å². The van der Waals surface area contributed by atoms with E-state index in [9.17, 15) is 14.4 Å². The quantitative estimate of drug-likeness (QED) is 0.306. The number of rotatable bonds is 8. The van der Waals surface area contributed by atoms with Gasteiger partial charge in [-0.3, -0.25) is 25.3 Å². The number of nitrogens with zero attached hydrogens (tertiary/aromatic N) is 5. The third kappa shape index (κ3) is 8.71. The van der Waals surface area contributed by atoms with Crippen molar-refractivity contribution in [3.05, 3.63) is 0 Å². The van der Waals surface area contributed by atoms with Crippen molar-refractivity contribution < 1.29 is 29.0 Å². The van der Waals surface area contributed by atoms with Crippen LogP contribution in [0.15, 0.2) is 0 Å². The second-order valence-corrected chi connectivity index (χ2v) is 10.9. The fourth-order valence-electron chi connectivity index (χ4n) is 4.93. The maximum atomic E-state index is 12.4. The maximum absolute atomic E-state index is 12.4. The average molecular weight is 526 g/mol. The standard InChI is InChI=1S/C24H43N7O6/c1-24(2,3)37-22(34)26-21(25)31-16-12-29(13-17-31)9-7-18-20(36-23(35)27(18)4)30-14-10-28(11-15-30)8-5-6-19(32)33/h18,20H,5-17H2,1-4H3,(H,32,33)(H2,25,26,34). The molecule has 3 heterocycles. The van der Waals surface area contributed by atoms with E-state index in [0.29, 0.717) is 19.5 Å². The first-order valence-electron chi connectivity index (χ1n) is 13.1. The summed E-state index contributed by atoms with van der Waals surface area (Å²) in [4.78, 5) is 45.4. The number of piperazine rings is 2. The Morgan fingerprint density at radius 2 is 1.65 bits per heavy atom. The number of guanidine groups is 1. The van der Waals surface area contributed by atoms with Crippen molar-refractivity contribution in [1.29, 1.82) is 5.41 Å². The Morgan fingerprint density at radius 3 is 2.24 bits per heavy atom. The molecule has 13 heteroatoms. The Kier molecular flexibility index (Phi) is 9.96. The normalized spacial score (nSPS) is 24.2. The van der Waals surface area contributed by atoms with Crippen molar-refractivity contribution in [1.82, 2.24) is 29.8 Å². The third-order valence-electron chi connectivity index (χ3n) is 7.02. The number of hydrogen-bond acceptors (Lipinski definition) is 9. The van der Waals surface area contributed by atoms with Crippen molar-refractivity contribution in [3.63, 3.8) is 0 Å². The minimum absolute atomic E-state index is 0.0452. The topological polar surface area (TPSA) is 142 Å². The lowest BCUT2D eigenvalue weighted by atomic mass is 10.1. The summed E-state index contributed by atoms with van der Waals surface area (Å²) in [7, 11) is 1.79. The molecule has 3 aliphatic heterocycles. The Bertz CT molecular complexity index is 819. The molecule has 0 spiro atoms. The summed E-state index contributed by atoms with van der Waals surface area (Å²) in [5, 5.41) is 19.5. The highest BCUT2D eigenvalue weighted by Crippen LogP contribution is 2.25. The molecule has 3 saturated heterocycles. The Labute approximate surface area is 219 Å². The van der Waals surface area contributed by atoms with E-state index in [-0.39, 0.29) is 30.7 Å². The van der Waals surface area contributed by atoms with Crippen LogP contribution in [0.4, 0.5) is 9.59 Å². The van der Waals surface area contributed by atoms with Crippen LogP contribution in [-0.2, 0) is 14.3 Å². The molecule has 3 fully saturated rings. The predicted molar refractivity (Wildman–Crippen MR) is 136 cm³/mol. The van der Waals surface area contributed by atoms with Crippen LogP contribution in [0.1, 0.15) is 40.0 Å². The van der Waals surface area contributed by atoms with Crippen molar-refractivity contribution in [3.8, 4) is 0 Å². The molecule has 0 aromatic heterocycles. The van der Waals surface area contributed by atoms with Crippen LogP contribution in [0.25, 0.3) is 0 Å². The van der Waals surface area contributed by atoms with Gasteiger partial charge in [0.15, 0.2) is 6.23 Å². The molecule has 0 bridgehead atoms. The number of cyclic esters (lactones) is 1. The van der Waals surface area contributed by atoms with E-state index in [0.717, 1.165) is 58.8 Å². The number of nitrogens with one attached hydrogen (secondary N) is 2. The zero-order valence-electron chi connectivity index (χ0n) is 22.6. The van der Waals surface area contributed by atoms with E-state index in [1.54, 1.807) is 32.7 Å². The van der Waals surface area contributed by atoms with Gasteiger partial charge in [-0.2, -0.15) is 0 Å². The zero-order valence-corrected chi connectivity index (χ0v) is 22.6. The molecule has 0 saturated carbocycles. The molecular formula is C24H43N7O6. The van der Waals surface area contributed by atoms with E-state index >= 15 is 0 Å². The first-order chi connectivity index (χ1) is 17.4. The van der Waals surface area contributed by atoms with Crippen LogP contribution in [0, 0.1) is 5.41 Å². The van der Waals surface area contributed by atoms with Gasteiger partial charge in [-0.1, -0.05) is 0 Å². The number of hydrogen-bond donors (Lipinski definition) is 3. The Balaban J connectivity index is 1.41. The zero-order chi connectivity index (χ0) is 27.2. The van der Waals surface area contributed by atoms with E-state index in [1.807, 2.05) is 4.90 Å². The molecule has 2 unspecified atom stereocenters. The molecule has 13 nitrogen and oxygen atoms in total. The van der Waals surface area contributed by atoms with Crippen molar-refractivity contribution in [2.45, 2.75) is 57.9 Å². The number of ether oxygens (including phenoxy) is 2. The fourth-order valence-corrected chi connectivity index (χ4v) is 4.93. The van der Waals surface area contributed by atoms with E-state index in [2.05, 4.69) is 20.0 Å². The second kappa shape index (κ2) is 12.7. The van der Waals surface area contributed by atoms with E-state index in [1.165, 1.54) is 0 Å².